The number of nitrogens with zero attached hydrogens (tertiary/aromatic N) is 4. The van der Waals surface area contributed by atoms with Gasteiger partial charge in [0.15, 0.2) is 5.58 Å². The summed E-state index contributed by atoms with van der Waals surface area (Å²) in [6.45, 7) is 3.51. The Kier molecular flexibility index (Phi) is 5.35. The van der Waals surface area contributed by atoms with Gasteiger partial charge in [-0.25, -0.2) is 9.37 Å². The number of quaternary nitrogens is 1. The van der Waals surface area contributed by atoms with Crippen molar-refractivity contribution in [1.29, 1.82) is 0 Å². The highest BCUT2D eigenvalue weighted by Crippen LogP contribution is 2.35. The van der Waals surface area contributed by atoms with Gasteiger partial charge in [-0.2, -0.15) is 0 Å². The van der Waals surface area contributed by atoms with Gasteiger partial charge in [0.1, 0.15) is 17.7 Å². The van der Waals surface area contributed by atoms with Gasteiger partial charge in [-0.05, 0) is 31.9 Å². The van der Waals surface area contributed by atoms with Gasteiger partial charge >= 0.3 is 0 Å². The van der Waals surface area contributed by atoms with Crippen molar-refractivity contribution < 1.29 is 18.7 Å². The standard InChI is InChI=1S/C23H27FN4O4/c1-14-17(23(30)27-9-2-3-19(29)22(27)25-14)8-12-28(31)10-6-15(7-11-28)21-18-5-4-16(24)13-20(18)32-26-21/h4-5,13,15,19,29H,2-3,6-12H2,1H3/t15?,19-,28?/m0/s1. The van der Waals surface area contributed by atoms with Gasteiger partial charge in [-0.1, -0.05) is 5.16 Å². The van der Waals surface area contributed by atoms with Crippen molar-refractivity contribution in [3.63, 3.8) is 0 Å². The third-order valence-corrected chi connectivity index (χ3v) is 7.04. The minimum Gasteiger partial charge on any atom is -0.633 e. The Labute approximate surface area is 184 Å². The fourth-order valence-electron chi connectivity index (χ4n) is 5.13. The summed E-state index contributed by atoms with van der Waals surface area (Å²) < 4.78 is 19.9. The summed E-state index contributed by atoms with van der Waals surface area (Å²) in [6.07, 6.45) is 2.34. The maximum absolute atomic E-state index is 13.4. The average Bonchev–Trinajstić information content (AvgIpc) is 3.18. The molecule has 2 aliphatic heterocycles. The van der Waals surface area contributed by atoms with Gasteiger partial charge in [-0.15, -0.1) is 0 Å². The van der Waals surface area contributed by atoms with Gasteiger partial charge in [-0.3, -0.25) is 9.36 Å². The van der Waals surface area contributed by atoms with E-state index in [2.05, 4.69) is 10.1 Å². The van der Waals surface area contributed by atoms with Crippen molar-refractivity contribution in [2.24, 2.45) is 0 Å². The summed E-state index contributed by atoms with van der Waals surface area (Å²) in [5.74, 6) is 0.173. The van der Waals surface area contributed by atoms with Gasteiger partial charge in [0.2, 0.25) is 0 Å². The SMILES string of the molecule is Cc1nc2n(c(=O)c1CC[N+]1([O-])CCC(c3noc4cc(F)ccc34)CC1)CCC[C@@H]2O. The molecular formula is C23H27FN4O4. The maximum Gasteiger partial charge on any atom is 0.257 e. The van der Waals surface area contributed by atoms with E-state index in [1.165, 1.54) is 12.1 Å². The number of aryl methyl sites for hydroxylation is 1. The summed E-state index contributed by atoms with van der Waals surface area (Å²) in [4.78, 5) is 17.5. The van der Waals surface area contributed by atoms with E-state index >= 15 is 0 Å². The quantitative estimate of drug-likeness (QED) is 0.492. The Hall–Kier alpha value is -2.62. The van der Waals surface area contributed by atoms with Crippen LogP contribution in [0.15, 0.2) is 27.5 Å². The predicted octanol–water partition coefficient (Wildman–Crippen LogP) is 3.09. The molecule has 32 heavy (non-hydrogen) atoms. The number of piperidine rings is 1. The van der Waals surface area contributed by atoms with Crippen LogP contribution in [0, 0.1) is 17.9 Å². The molecule has 0 unspecified atom stereocenters. The molecule has 2 aromatic heterocycles. The molecular weight excluding hydrogens is 415 g/mol. The molecule has 9 heteroatoms. The van der Waals surface area contributed by atoms with Crippen LogP contribution in [-0.2, 0) is 13.0 Å². The van der Waals surface area contributed by atoms with Crippen molar-refractivity contribution in [2.75, 3.05) is 19.6 Å². The molecule has 170 valence electrons. The topological polar surface area (TPSA) is 104 Å². The van der Waals surface area contributed by atoms with Crippen LogP contribution in [-0.4, -0.2) is 44.1 Å². The Bertz CT molecular complexity index is 1210. The Balaban J connectivity index is 1.28. The fourth-order valence-corrected chi connectivity index (χ4v) is 5.13. The molecule has 0 saturated carbocycles. The van der Waals surface area contributed by atoms with Crippen LogP contribution in [0.4, 0.5) is 4.39 Å². The molecule has 2 aliphatic rings. The first-order valence-electron chi connectivity index (χ1n) is 11.2. The van der Waals surface area contributed by atoms with E-state index in [0.29, 0.717) is 74.5 Å². The van der Waals surface area contributed by atoms with Crippen molar-refractivity contribution in [2.45, 2.75) is 57.6 Å². The summed E-state index contributed by atoms with van der Waals surface area (Å²) in [6, 6.07) is 4.40. The highest BCUT2D eigenvalue weighted by molar-refractivity contribution is 5.79. The lowest BCUT2D eigenvalue weighted by Gasteiger charge is -2.47. The van der Waals surface area contributed by atoms with Crippen LogP contribution in [0.5, 0.6) is 0 Å². The van der Waals surface area contributed by atoms with Gasteiger partial charge in [0, 0.05) is 54.4 Å². The number of halogens is 1. The summed E-state index contributed by atoms with van der Waals surface area (Å²) >= 11 is 0. The monoisotopic (exact) mass is 442 g/mol. The Morgan fingerprint density at radius 2 is 2.09 bits per heavy atom. The second-order valence-electron chi connectivity index (χ2n) is 9.11. The number of hydrogen-bond donors (Lipinski definition) is 1. The molecule has 1 aromatic carbocycles. The number of rotatable bonds is 4. The van der Waals surface area contributed by atoms with Crippen LogP contribution in [0.25, 0.3) is 11.0 Å². The minimum atomic E-state index is -0.704. The molecule has 1 N–H and O–H groups in total. The van der Waals surface area contributed by atoms with Crippen LogP contribution in [0.3, 0.4) is 0 Å². The number of aliphatic hydroxyl groups is 1. The summed E-state index contributed by atoms with van der Waals surface area (Å²) in [5.41, 5.74) is 2.26. The normalized spacial score (nSPS) is 25.8. The third kappa shape index (κ3) is 3.74. The molecule has 3 aromatic rings. The number of benzene rings is 1. The molecule has 1 atom stereocenters. The number of aromatic nitrogens is 3. The predicted molar refractivity (Wildman–Crippen MR) is 115 cm³/mol. The first-order valence-corrected chi connectivity index (χ1v) is 11.2. The molecule has 1 fully saturated rings. The molecule has 0 amide bonds. The zero-order valence-electron chi connectivity index (χ0n) is 18.1. The number of aliphatic hydroxyl groups excluding tert-OH is 1. The van der Waals surface area contributed by atoms with E-state index in [4.69, 9.17) is 4.52 Å². The van der Waals surface area contributed by atoms with Gasteiger partial charge < -0.3 is 19.5 Å². The second-order valence-corrected chi connectivity index (χ2v) is 9.11. The van der Waals surface area contributed by atoms with E-state index in [1.54, 1.807) is 17.6 Å². The highest BCUT2D eigenvalue weighted by Gasteiger charge is 2.31. The van der Waals surface area contributed by atoms with E-state index in [1.807, 2.05) is 0 Å². The highest BCUT2D eigenvalue weighted by atomic mass is 19.1. The average molecular weight is 442 g/mol. The van der Waals surface area contributed by atoms with Crippen LogP contribution in [0.1, 0.15) is 60.5 Å². The number of fused-ring (bicyclic) bond motifs is 2. The van der Waals surface area contributed by atoms with Gasteiger partial charge in [0.25, 0.3) is 5.56 Å². The summed E-state index contributed by atoms with van der Waals surface area (Å²) in [5, 5.41) is 28.5. The lowest BCUT2D eigenvalue weighted by atomic mass is 9.91. The van der Waals surface area contributed by atoms with Crippen molar-refractivity contribution in [1.82, 2.24) is 14.7 Å². The molecule has 5 rings (SSSR count). The Morgan fingerprint density at radius 1 is 1.31 bits per heavy atom. The maximum atomic E-state index is 13.4. The fraction of sp³-hybridized carbons (Fsp3) is 0.522. The first-order chi connectivity index (χ1) is 15.3. The lowest BCUT2D eigenvalue weighted by Crippen LogP contribution is -2.49. The lowest BCUT2D eigenvalue weighted by molar-refractivity contribution is -0.885. The Morgan fingerprint density at radius 3 is 2.88 bits per heavy atom. The summed E-state index contributed by atoms with van der Waals surface area (Å²) in [7, 11) is 0. The second kappa shape index (κ2) is 8.06. The minimum absolute atomic E-state index is 0.0983. The van der Waals surface area contributed by atoms with E-state index in [-0.39, 0.29) is 21.9 Å². The molecule has 0 bridgehead atoms. The molecule has 0 aliphatic carbocycles. The van der Waals surface area contributed by atoms with Crippen molar-refractivity contribution >= 4 is 11.0 Å². The molecule has 0 radical (unpaired) electrons. The van der Waals surface area contributed by atoms with Crippen LogP contribution < -0.4 is 5.56 Å². The molecule has 0 spiro atoms. The first kappa shape index (κ1) is 21.2. The smallest absolute Gasteiger partial charge is 0.257 e. The number of hydrogen-bond acceptors (Lipinski definition) is 6. The van der Waals surface area contributed by atoms with Crippen molar-refractivity contribution in [3.8, 4) is 0 Å². The van der Waals surface area contributed by atoms with E-state index < -0.39 is 6.10 Å². The zero-order valence-corrected chi connectivity index (χ0v) is 18.1. The molecule has 1 saturated heterocycles. The number of likely N-dealkylation sites (tertiary alicyclic amines) is 1. The largest absolute Gasteiger partial charge is 0.633 e. The third-order valence-electron chi connectivity index (χ3n) is 7.04. The van der Waals surface area contributed by atoms with Crippen LogP contribution in [0.2, 0.25) is 0 Å². The van der Waals surface area contributed by atoms with Gasteiger partial charge in [0.05, 0.1) is 25.3 Å². The number of hydroxylamine groups is 3. The van der Waals surface area contributed by atoms with E-state index in [9.17, 15) is 19.5 Å². The molecule has 8 nitrogen and oxygen atoms in total. The zero-order chi connectivity index (χ0) is 22.5. The molecule has 4 heterocycles. The van der Waals surface area contributed by atoms with Crippen molar-refractivity contribution in [3.05, 3.63) is 62.4 Å². The van der Waals surface area contributed by atoms with Crippen LogP contribution >= 0.6 is 0 Å². The van der Waals surface area contributed by atoms with E-state index in [0.717, 1.165) is 17.5 Å².